The fourth-order valence-corrected chi connectivity index (χ4v) is 3.41. The Labute approximate surface area is 127 Å². The minimum atomic E-state index is 0.319. The van der Waals surface area contributed by atoms with E-state index in [1.807, 2.05) is 24.3 Å². The molecule has 2 rings (SSSR count). The van der Waals surface area contributed by atoms with E-state index < -0.39 is 0 Å². The van der Waals surface area contributed by atoms with Crippen LogP contribution in [-0.4, -0.2) is 19.1 Å². The second-order valence-corrected chi connectivity index (χ2v) is 6.21. The van der Waals surface area contributed by atoms with Crippen molar-refractivity contribution in [3.8, 4) is 11.5 Å². The maximum atomic E-state index is 6.47. The van der Waals surface area contributed by atoms with Gasteiger partial charge >= 0.3 is 0 Å². The topological polar surface area (TPSA) is 18.5 Å². The molecule has 0 aliphatic heterocycles. The third kappa shape index (κ3) is 4.05. The van der Waals surface area contributed by atoms with E-state index in [1.165, 1.54) is 19.3 Å². The van der Waals surface area contributed by atoms with Gasteiger partial charge in [0.25, 0.3) is 0 Å². The lowest BCUT2D eigenvalue weighted by molar-refractivity contribution is 0.208. The van der Waals surface area contributed by atoms with Crippen molar-refractivity contribution in [2.45, 2.75) is 44.4 Å². The Morgan fingerprint density at radius 2 is 1.95 bits per heavy atom. The molecule has 1 aromatic rings. The van der Waals surface area contributed by atoms with Crippen LogP contribution in [0.4, 0.5) is 0 Å². The summed E-state index contributed by atoms with van der Waals surface area (Å²) in [5, 5.41) is 0.319. The maximum absolute atomic E-state index is 6.47. The summed E-state index contributed by atoms with van der Waals surface area (Å²) in [5.41, 5.74) is 0. The van der Waals surface area contributed by atoms with E-state index in [2.05, 4.69) is 6.92 Å². The molecule has 0 saturated heterocycles. The van der Waals surface area contributed by atoms with Crippen molar-refractivity contribution in [3.63, 3.8) is 0 Å². The van der Waals surface area contributed by atoms with Crippen molar-refractivity contribution < 1.29 is 9.47 Å². The van der Waals surface area contributed by atoms with Gasteiger partial charge in [0.05, 0.1) is 13.7 Å². The number of benzene rings is 1. The molecule has 0 bridgehead atoms. The molecule has 0 N–H and O–H groups in total. The third-order valence-electron chi connectivity index (χ3n) is 4.39. The van der Waals surface area contributed by atoms with Gasteiger partial charge in [0.2, 0.25) is 0 Å². The molecule has 0 aromatic heterocycles. The Morgan fingerprint density at radius 1 is 1.20 bits per heavy atom. The van der Waals surface area contributed by atoms with Crippen LogP contribution >= 0.6 is 11.6 Å². The average molecular weight is 297 g/mol. The molecule has 0 amide bonds. The van der Waals surface area contributed by atoms with Crippen molar-refractivity contribution in [2.24, 2.45) is 11.8 Å². The molecule has 3 heteroatoms. The van der Waals surface area contributed by atoms with Crippen molar-refractivity contribution in [3.05, 3.63) is 24.3 Å². The van der Waals surface area contributed by atoms with E-state index in [9.17, 15) is 0 Å². The zero-order chi connectivity index (χ0) is 14.4. The number of hydrogen-bond acceptors (Lipinski definition) is 2. The minimum Gasteiger partial charge on any atom is -0.493 e. The summed E-state index contributed by atoms with van der Waals surface area (Å²) >= 11 is 6.47. The second kappa shape index (κ2) is 7.78. The van der Waals surface area contributed by atoms with Gasteiger partial charge in [-0.3, -0.25) is 0 Å². The molecular weight excluding hydrogens is 272 g/mol. The Kier molecular flexibility index (Phi) is 6.03. The lowest BCUT2D eigenvalue weighted by atomic mass is 9.78. The first-order chi connectivity index (χ1) is 9.74. The zero-order valence-corrected chi connectivity index (χ0v) is 13.2. The summed E-state index contributed by atoms with van der Waals surface area (Å²) in [6.07, 6.45) is 5.99. The highest BCUT2D eigenvalue weighted by Gasteiger charge is 2.28. The summed E-state index contributed by atoms with van der Waals surface area (Å²) in [6, 6.07) is 7.80. The van der Waals surface area contributed by atoms with E-state index in [-0.39, 0.29) is 0 Å². The zero-order valence-electron chi connectivity index (χ0n) is 12.5. The second-order valence-electron chi connectivity index (χ2n) is 5.65. The van der Waals surface area contributed by atoms with Crippen molar-refractivity contribution in [1.82, 2.24) is 0 Å². The minimum absolute atomic E-state index is 0.319. The normalized spacial score (nSPS) is 26.2. The summed E-state index contributed by atoms with van der Waals surface area (Å²) < 4.78 is 11.2. The Hall–Kier alpha value is -0.890. The van der Waals surface area contributed by atoms with Crippen LogP contribution in [0, 0.1) is 11.8 Å². The highest BCUT2D eigenvalue weighted by Crippen LogP contribution is 2.36. The number of methoxy groups -OCH3 is 1. The van der Waals surface area contributed by atoms with E-state index in [1.54, 1.807) is 7.11 Å². The van der Waals surface area contributed by atoms with E-state index in [0.29, 0.717) is 17.9 Å². The van der Waals surface area contributed by atoms with Gasteiger partial charge < -0.3 is 9.47 Å². The molecular formula is C17H25ClO2. The summed E-state index contributed by atoms with van der Waals surface area (Å²) in [5.74, 6) is 3.06. The fourth-order valence-electron chi connectivity index (χ4n) is 3.05. The highest BCUT2D eigenvalue weighted by atomic mass is 35.5. The van der Waals surface area contributed by atoms with Crippen LogP contribution in [-0.2, 0) is 0 Å². The predicted molar refractivity (Wildman–Crippen MR) is 83.9 cm³/mol. The number of para-hydroxylation sites is 2. The lowest BCUT2D eigenvalue weighted by Gasteiger charge is -2.32. The molecule has 3 atom stereocenters. The van der Waals surface area contributed by atoms with Crippen LogP contribution in [0.15, 0.2) is 24.3 Å². The van der Waals surface area contributed by atoms with Crippen molar-refractivity contribution >= 4 is 11.6 Å². The van der Waals surface area contributed by atoms with Gasteiger partial charge in [-0.1, -0.05) is 25.5 Å². The van der Waals surface area contributed by atoms with Gasteiger partial charge in [-0.25, -0.2) is 0 Å². The van der Waals surface area contributed by atoms with Gasteiger partial charge in [0.15, 0.2) is 11.5 Å². The molecule has 1 aromatic carbocycles. The van der Waals surface area contributed by atoms with Crippen molar-refractivity contribution in [1.29, 1.82) is 0 Å². The standard InChI is InChI=1S/C17H25ClO2/c1-3-13-8-9-15(18)14(12-13)10-11-20-17-7-5-4-6-16(17)19-2/h4-7,13-15H,3,8-12H2,1-2H3. The first-order valence-corrected chi connectivity index (χ1v) is 8.08. The number of ether oxygens (including phenoxy) is 2. The van der Waals surface area contributed by atoms with Crippen LogP contribution < -0.4 is 9.47 Å². The molecule has 0 radical (unpaired) electrons. The summed E-state index contributed by atoms with van der Waals surface area (Å²) in [6.45, 7) is 2.99. The molecule has 112 valence electrons. The monoisotopic (exact) mass is 296 g/mol. The third-order valence-corrected chi connectivity index (χ3v) is 4.97. The average Bonchev–Trinajstić information content (AvgIpc) is 2.49. The summed E-state index contributed by atoms with van der Waals surface area (Å²) in [4.78, 5) is 0. The molecule has 0 heterocycles. The largest absolute Gasteiger partial charge is 0.493 e. The molecule has 1 fully saturated rings. The van der Waals surface area contributed by atoms with Crippen LogP contribution in [0.25, 0.3) is 0 Å². The predicted octanol–water partition coefficient (Wildman–Crippen LogP) is 4.90. The number of alkyl halides is 1. The van der Waals surface area contributed by atoms with Crippen LogP contribution in [0.1, 0.15) is 39.0 Å². The SMILES string of the molecule is CCC1CCC(Cl)C(CCOc2ccccc2OC)C1. The van der Waals surface area contributed by atoms with Crippen LogP contribution in [0.3, 0.4) is 0 Å². The van der Waals surface area contributed by atoms with Gasteiger partial charge in [-0.2, -0.15) is 0 Å². The van der Waals surface area contributed by atoms with E-state index in [0.717, 1.165) is 30.3 Å². The molecule has 3 unspecified atom stereocenters. The number of hydrogen-bond donors (Lipinski definition) is 0. The van der Waals surface area contributed by atoms with E-state index in [4.69, 9.17) is 21.1 Å². The van der Waals surface area contributed by atoms with Crippen LogP contribution in [0.5, 0.6) is 11.5 Å². The smallest absolute Gasteiger partial charge is 0.161 e. The van der Waals surface area contributed by atoms with Gasteiger partial charge in [-0.05, 0) is 49.7 Å². The summed E-state index contributed by atoms with van der Waals surface area (Å²) in [7, 11) is 1.67. The molecule has 1 aliphatic rings. The molecule has 20 heavy (non-hydrogen) atoms. The van der Waals surface area contributed by atoms with Gasteiger partial charge in [0.1, 0.15) is 0 Å². The van der Waals surface area contributed by atoms with Gasteiger partial charge in [-0.15, -0.1) is 11.6 Å². The van der Waals surface area contributed by atoms with Crippen LogP contribution in [0.2, 0.25) is 0 Å². The number of halogens is 1. The fraction of sp³-hybridized carbons (Fsp3) is 0.647. The Morgan fingerprint density at radius 3 is 2.65 bits per heavy atom. The van der Waals surface area contributed by atoms with Crippen molar-refractivity contribution in [2.75, 3.05) is 13.7 Å². The molecule has 2 nitrogen and oxygen atoms in total. The quantitative estimate of drug-likeness (QED) is 0.695. The Bertz CT molecular complexity index is 408. The van der Waals surface area contributed by atoms with Gasteiger partial charge in [0, 0.05) is 5.38 Å². The van der Waals surface area contributed by atoms with E-state index >= 15 is 0 Å². The molecule has 1 aliphatic carbocycles. The maximum Gasteiger partial charge on any atom is 0.161 e. The first kappa shape index (κ1) is 15.5. The lowest BCUT2D eigenvalue weighted by Crippen LogP contribution is -2.26. The molecule has 1 saturated carbocycles. The molecule has 0 spiro atoms. The highest BCUT2D eigenvalue weighted by molar-refractivity contribution is 6.20. The Balaban J connectivity index is 1.82. The first-order valence-electron chi connectivity index (χ1n) is 7.64. The number of rotatable bonds is 6.